The quantitative estimate of drug-likeness (QED) is 0.167. The van der Waals surface area contributed by atoms with Crippen LogP contribution in [0.5, 0.6) is 0 Å². The lowest BCUT2D eigenvalue weighted by atomic mass is 10.0. The van der Waals surface area contributed by atoms with Gasteiger partial charge in [0.1, 0.15) is 18.4 Å². The first kappa shape index (κ1) is 32.2. The number of anilines is 1. The Hall–Kier alpha value is -4.32. The van der Waals surface area contributed by atoms with Gasteiger partial charge in [-0.05, 0) is 30.5 Å². The first-order valence-electron chi connectivity index (χ1n) is 13.5. The third kappa shape index (κ3) is 8.59. The Bertz CT molecular complexity index is 1520. The molecule has 10 nitrogen and oxygen atoms in total. The molecule has 0 fully saturated rings. The summed E-state index contributed by atoms with van der Waals surface area (Å²) in [7, 11) is -4.13. The topological polar surface area (TPSA) is 130 Å². The molecule has 0 aromatic heterocycles. The molecule has 0 heterocycles. The van der Waals surface area contributed by atoms with Crippen molar-refractivity contribution in [2.75, 3.05) is 23.7 Å². The number of halogens is 1. The number of carbonyl (C=O) groups is 2. The van der Waals surface area contributed by atoms with E-state index in [1.807, 2.05) is 13.0 Å². The van der Waals surface area contributed by atoms with E-state index in [4.69, 9.17) is 0 Å². The zero-order chi connectivity index (χ0) is 30.9. The largest absolute Gasteiger partial charge is 0.354 e. The summed E-state index contributed by atoms with van der Waals surface area (Å²) >= 11 is 0. The first-order valence-corrected chi connectivity index (χ1v) is 15.3. The molecule has 1 atom stereocenters. The summed E-state index contributed by atoms with van der Waals surface area (Å²) in [4.78, 5) is 39.6. The zero-order valence-electron chi connectivity index (χ0n) is 23.8. The van der Waals surface area contributed by atoms with Gasteiger partial charge in [0.05, 0.1) is 16.9 Å². The van der Waals surface area contributed by atoms with Crippen molar-refractivity contribution < 1.29 is 27.3 Å². The van der Waals surface area contributed by atoms with Crippen LogP contribution in [-0.4, -0.2) is 55.4 Å². The first-order chi connectivity index (χ1) is 19.9. The Balaban J connectivity index is 2.10. The molecule has 224 valence electrons. The highest BCUT2D eigenvalue weighted by Gasteiger charge is 2.34. The lowest BCUT2D eigenvalue weighted by Crippen LogP contribution is -2.53. The molecule has 3 rings (SSSR count). The van der Waals surface area contributed by atoms with E-state index in [0.717, 1.165) is 28.6 Å². The highest BCUT2D eigenvalue weighted by atomic mass is 32.2. The summed E-state index contributed by atoms with van der Waals surface area (Å²) in [5.41, 5.74) is 0.879. The van der Waals surface area contributed by atoms with E-state index in [1.54, 1.807) is 37.3 Å². The number of nitrogens with zero attached hydrogens (tertiary/aromatic N) is 3. The second-order valence-corrected chi connectivity index (χ2v) is 11.9. The van der Waals surface area contributed by atoms with Crippen LogP contribution in [0.3, 0.4) is 0 Å². The molecule has 0 aliphatic carbocycles. The van der Waals surface area contributed by atoms with Gasteiger partial charge >= 0.3 is 0 Å². The number of nitro groups is 1. The summed E-state index contributed by atoms with van der Waals surface area (Å²) in [6, 6.07) is 17.4. The predicted molar refractivity (Wildman–Crippen MR) is 159 cm³/mol. The van der Waals surface area contributed by atoms with Crippen LogP contribution in [0.2, 0.25) is 0 Å². The van der Waals surface area contributed by atoms with Gasteiger partial charge in [-0.2, -0.15) is 0 Å². The average molecular weight is 599 g/mol. The number of carbonyl (C=O) groups excluding carboxylic acids is 2. The van der Waals surface area contributed by atoms with E-state index in [0.29, 0.717) is 18.5 Å². The van der Waals surface area contributed by atoms with Crippen LogP contribution in [0.25, 0.3) is 0 Å². The number of sulfonamides is 1. The number of hydrogen-bond acceptors (Lipinski definition) is 6. The Labute approximate surface area is 245 Å². The molecule has 0 bridgehead atoms. The molecule has 0 unspecified atom stereocenters. The summed E-state index contributed by atoms with van der Waals surface area (Å²) in [5.74, 6) is -1.83. The van der Waals surface area contributed by atoms with Crippen molar-refractivity contribution in [3.63, 3.8) is 0 Å². The van der Waals surface area contributed by atoms with Crippen molar-refractivity contribution in [3.05, 3.63) is 105 Å². The van der Waals surface area contributed by atoms with E-state index in [-0.39, 0.29) is 29.9 Å². The standard InChI is InChI=1S/C30H35FN4O6S/c1-4-5-17-32-30(37)28(18-23-11-7-6-8-12-23)33(20-24-13-9-10-14-26(24)31)29(36)21-34(42(3,40)41)27-19-25(35(38)39)16-15-22(27)2/h6-16,19,28H,4-5,17-18,20-21H2,1-3H3,(H,32,37)/t28-/m0/s1. The van der Waals surface area contributed by atoms with E-state index in [1.165, 1.54) is 35.2 Å². The van der Waals surface area contributed by atoms with Crippen molar-refractivity contribution >= 4 is 33.2 Å². The third-order valence-electron chi connectivity index (χ3n) is 6.75. The Morgan fingerprint density at radius 2 is 1.71 bits per heavy atom. The van der Waals surface area contributed by atoms with Crippen molar-refractivity contribution in [1.82, 2.24) is 10.2 Å². The smallest absolute Gasteiger partial charge is 0.271 e. The van der Waals surface area contributed by atoms with Crippen LogP contribution in [0.4, 0.5) is 15.8 Å². The summed E-state index contributed by atoms with van der Waals surface area (Å²) in [5, 5.41) is 14.3. The van der Waals surface area contributed by atoms with Crippen LogP contribution >= 0.6 is 0 Å². The molecule has 3 aromatic carbocycles. The molecule has 0 radical (unpaired) electrons. The van der Waals surface area contributed by atoms with E-state index in [2.05, 4.69) is 5.32 Å². The molecule has 1 N–H and O–H groups in total. The number of rotatable bonds is 14. The van der Waals surface area contributed by atoms with Gasteiger partial charge in [0.15, 0.2) is 0 Å². The summed E-state index contributed by atoms with van der Waals surface area (Å²) in [6.07, 6.45) is 2.51. The second-order valence-electron chi connectivity index (χ2n) is 9.96. The number of aryl methyl sites for hydroxylation is 1. The van der Waals surface area contributed by atoms with E-state index >= 15 is 0 Å². The fourth-order valence-electron chi connectivity index (χ4n) is 4.45. The lowest BCUT2D eigenvalue weighted by Gasteiger charge is -2.33. The summed E-state index contributed by atoms with van der Waals surface area (Å²) in [6.45, 7) is 2.83. The maximum atomic E-state index is 14.8. The normalized spacial score (nSPS) is 11.9. The SMILES string of the molecule is CCCCNC(=O)[C@H](Cc1ccccc1)N(Cc1ccccc1F)C(=O)CN(c1cc([N+](=O)[O-])ccc1C)S(C)(=O)=O. The fourth-order valence-corrected chi connectivity index (χ4v) is 5.34. The van der Waals surface area contributed by atoms with Gasteiger partial charge in [0.25, 0.3) is 5.69 Å². The van der Waals surface area contributed by atoms with Crippen molar-refractivity contribution in [2.24, 2.45) is 0 Å². The monoisotopic (exact) mass is 598 g/mol. The molecule has 0 saturated carbocycles. The van der Waals surface area contributed by atoms with Gasteiger partial charge in [-0.1, -0.05) is 67.9 Å². The minimum absolute atomic E-state index is 0.0436. The van der Waals surface area contributed by atoms with Crippen molar-refractivity contribution in [1.29, 1.82) is 0 Å². The number of nitro benzene ring substituents is 1. The third-order valence-corrected chi connectivity index (χ3v) is 7.88. The van der Waals surface area contributed by atoms with Crippen LogP contribution in [-0.2, 0) is 32.6 Å². The van der Waals surface area contributed by atoms with Gasteiger partial charge < -0.3 is 10.2 Å². The minimum Gasteiger partial charge on any atom is -0.354 e. The molecule has 2 amide bonds. The van der Waals surface area contributed by atoms with Gasteiger partial charge in [0, 0.05) is 37.2 Å². The second kappa shape index (κ2) is 14.5. The fraction of sp³-hybridized carbons (Fsp3) is 0.333. The number of non-ortho nitro benzene ring substituents is 1. The van der Waals surface area contributed by atoms with Gasteiger partial charge in [0.2, 0.25) is 21.8 Å². The van der Waals surface area contributed by atoms with Crippen molar-refractivity contribution in [2.45, 2.75) is 45.7 Å². The van der Waals surface area contributed by atoms with Gasteiger partial charge in [-0.15, -0.1) is 0 Å². The molecule has 12 heteroatoms. The highest BCUT2D eigenvalue weighted by molar-refractivity contribution is 7.92. The number of unbranched alkanes of at least 4 members (excludes halogenated alkanes) is 1. The molecule has 0 saturated heterocycles. The number of benzene rings is 3. The molecule has 0 aliphatic heterocycles. The van der Waals surface area contributed by atoms with Crippen LogP contribution < -0.4 is 9.62 Å². The predicted octanol–water partition coefficient (Wildman–Crippen LogP) is 4.36. The Morgan fingerprint density at radius 1 is 1.05 bits per heavy atom. The Morgan fingerprint density at radius 3 is 2.33 bits per heavy atom. The molecule has 0 aliphatic rings. The van der Waals surface area contributed by atoms with Crippen LogP contribution in [0.1, 0.15) is 36.5 Å². The maximum absolute atomic E-state index is 14.8. The van der Waals surface area contributed by atoms with Gasteiger partial charge in [-0.3, -0.25) is 24.0 Å². The molecular weight excluding hydrogens is 563 g/mol. The van der Waals surface area contributed by atoms with Crippen molar-refractivity contribution in [3.8, 4) is 0 Å². The van der Waals surface area contributed by atoms with Crippen LogP contribution in [0, 0.1) is 22.9 Å². The maximum Gasteiger partial charge on any atom is 0.271 e. The average Bonchev–Trinajstić information content (AvgIpc) is 2.94. The number of amides is 2. The summed E-state index contributed by atoms with van der Waals surface area (Å²) < 4.78 is 41.5. The number of hydrogen-bond donors (Lipinski definition) is 1. The molecular formula is C30H35FN4O6S. The van der Waals surface area contributed by atoms with Crippen LogP contribution in [0.15, 0.2) is 72.8 Å². The lowest BCUT2D eigenvalue weighted by molar-refractivity contribution is -0.384. The highest BCUT2D eigenvalue weighted by Crippen LogP contribution is 2.28. The van der Waals surface area contributed by atoms with E-state index in [9.17, 15) is 32.5 Å². The molecule has 0 spiro atoms. The van der Waals surface area contributed by atoms with E-state index < -0.39 is 45.2 Å². The Kier molecular flexibility index (Phi) is 11.1. The van der Waals surface area contributed by atoms with Gasteiger partial charge in [-0.25, -0.2) is 12.8 Å². The zero-order valence-corrected chi connectivity index (χ0v) is 24.6. The number of nitrogens with one attached hydrogen (secondary N) is 1. The molecule has 3 aromatic rings. The minimum atomic E-state index is -4.13. The molecule has 42 heavy (non-hydrogen) atoms.